The Hall–Kier alpha value is -2.63. The normalized spacial score (nSPS) is 17.6. The van der Waals surface area contributed by atoms with Crippen LogP contribution in [0.25, 0.3) is 11.0 Å². The molecule has 0 bridgehead atoms. The van der Waals surface area contributed by atoms with Gasteiger partial charge in [-0.1, -0.05) is 12.1 Å². The lowest BCUT2D eigenvalue weighted by Crippen LogP contribution is -2.39. The third-order valence-corrected chi connectivity index (χ3v) is 5.79. The van der Waals surface area contributed by atoms with Crippen LogP contribution in [0.15, 0.2) is 24.3 Å². The number of piperidine rings is 1. The van der Waals surface area contributed by atoms with Crippen molar-refractivity contribution >= 4 is 16.9 Å². The number of nitrogens with one attached hydrogen (secondary N) is 1. The van der Waals surface area contributed by atoms with Gasteiger partial charge in [-0.25, -0.2) is 4.98 Å². The molecular weight excluding hydrogens is 338 g/mol. The standard InChI is InChI=1S/C21H27N5O/c1-14-16(15(2)25(3)24-14)11-12-20(27)26-13-7-6-10-19(26)21-22-17-8-4-5-9-18(17)23-21/h4-5,8-9,19H,6-7,10-13H2,1-3H3,(H,22,23)/t19-/m0/s1. The van der Waals surface area contributed by atoms with Crippen molar-refractivity contribution in [3.8, 4) is 0 Å². The van der Waals surface area contributed by atoms with Gasteiger partial charge in [-0.3, -0.25) is 9.48 Å². The minimum atomic E-state index is 0.0507. The number of aromatic nitrogens is 4. The number of hydrogen-bond acceptors (Lipinski definition) is 3. The first-order valence-electron chi connectivity index (χ1n) is 9.78. The van der Waals surface area contributed by atoms with Crippen molar-refractivity contribution in [3.63, 3.8) is 0 Å². The SMILES string of the molecule is Cc1nn(C)c(C)c1CCC(=O)N1CCCC[C@H]1c1nc2ccccc2[nH]1. The number of carbonyl (C=O) groups excluding carboxylic acids is 1. The minimum absolute atomic E-state index is 0.0507. The Morgan fingerprint density at radius 1 is 1.26 bits per heavy atom. The van der Waals surface area contributed by atoms with Gasteiger partial charge in [0.15, 0.2) is 0 Å². The summed E-state index contributed by atoms with van der Waals surface area (Å²) in [5, 5.41) is 4.46. The zero-order valence-electron chi connectivity index (χ0n) is 16.3. The zero-order chi connectivity index (χ0) is 19.0. The first kappa shape index (κ1) is 17.8. The van der Waals surface area contributed by atoms with Crippen molar-refractivity contribution in [1.82, 2.24) is 24.6 Å². The molecule has 1 aliphatic rings. The lowest BCUT2D eigenvalue weighted by atomic mass is 10.00. The number of fused-ring (bicyclic) bond motifs is 1. The molecule has 3 aromatic rings. The maximum absolute atomic E-state index is 13.1. The number of para-hydroxylation sites is 2. The predicted molar refractivity (Wildman–Crippen MR) is 105 cm³/mol. The van der Waals surface area contributed by atoms with E-state index in [1.54, 1.807) is 0 Å². The molecule has 0 spiro atoms. The quantitative estimate of drug-likeness (QED) is 0.768. The highest BCUT2D eigenvalue weighted by Gasteiger charge is 2.30. The average Bonchev–Trinajstić information content (AvgIpc) is 3.21. The van der Waals surface area contributed by atoms with Crippen LogP contribution in [-0.4, -0.2) is 37.1 Å². The summed E-state index contributed by atoms with van der Waals surface area (Å²) in [4.78, 5) is 23.3. The Balaban J connectivity index is 1.52. The third-order valence-electron chi connectivity index (χ3n) is 5.79. The maximum atomic E-state index is 13.1. The van der Waals surface area contributed by atoms with E-state index in [1.807, 2.05) is 47.8 Å². The van der Waals surface area contributed by atoms with E-state index in [9.17, 15) is 4.79 Å². The molecule has 142 valence electrons. The van der Waals surface area contributed by atoms with Gasteiger partial charge < -0.3 is 9.88 Å². The Bertz CT molecular complexity index is 937. The molecule has 0 unspecified atom stereocenters. The molecular formula is C21H27N5O. The van der Waals surface area contributed by atoms with Crippen LogP contribution in [0.5, 0.6) is 0 Å². The Morgan fingerprint density at radius 2 is 2.07 bits per heavy atom. The highest BCUT2D eigenvalue weighted by Crippen LogP contribution is 2.31. The molecule has 0 saturated carbocycles. The van der Waals surface area contributed by atoms with Crippen LogP contribution in [-0.2, 0) is 18.3 Å². The maximum Gasteiger partial charge on any atom is 0.223 e. The van der Waals surface area contributed by atoms with E-state index in [2.05, 4.69) is 17.0 Å². The molecule has 1 N–H and O–H groups in total. The molecule has 27 heavy (non-hydrogen) atoms. The van der Waals surface area contributed by atoms with E-state index < -0.39 is 0 Å². The van der Waals surface area contributed by atoms with Gasteiger partial charge in [0, 0.05) is 25.7 Å². The summed E-state index contributed by atoms with van der Waals surface area (Å²) >= 11 is 0. The second kappa shape index (κ2) is 7.18. The summed E-state index contributed by atoms with van der Waals surface area (Å²) in [7, 11) is 1.95. The number of aromatic amines is 1. The van der Waals surface area contributed by atoms with E-state index in [1.165, 1.54) is 5.56 Å². The van der Waals surface area contributed by atoms with Gasteiger partial charge in [0.1, 0.15) is 5.82 Å². The molecule has 4 rings (SSSR count). The summed E-state index contributed by atoms with van der Waals surface area (Å²) in [5.74, 6) is 1.13. The van der Waals surface area contributed by atoms with Crippen molar-refractivity contribution in [2.45, 2.75) is 52.0 Å². The van der Waals surface area contributed by atoms with Crippen LogP contribution in [0.2, 0.25) is 0 Å². The Kier molecular flexibility index (Phi) is 4.72. The molecule has 1 atom stereocenters. The summed E-state index contributed by atoms with van der Waals surface area (Å²) in [6, 6.07) is 8.10. The lowest BCUT2D eigenvalue weighted by molar-refractivity contribution is -0.135. The van der Waals surface area contributed by atoms with Gasteiger partial charge in [-0.2, -0.15) is 5.10 Å². The molecule has 0 aliphatic carbocycles. The van der Waals surface area contributed by atoms with Crippen molar-refractivity contribution in [2.24, 2.45) is 7.05 Å². The van der Waals surface area contributed by atoms with Crippen LogP contribution in [0, 0.1) is 13.8 Å². The Labute approximate surface area is 159 Å². The highest BCUT2D eigenvalue weighted by molar-refractivity contribution is 5.78. The number of H-pyrrole nitrogens is 1. The smallest absolute Gasteiger partial charge is 0.223 e. The second-order valence-corrected chi connectivity index (χ2v) is 7.51. The highest BCUT2D eigenvalue weighted by atomic mass is 16.2. The number of benzene rings is 1. The van der Waals surface area contributed by atoms with Crippen LogP contribution >= 0.6 is 0 Å². The van der Waals surface area contributed by atoms with Gasteiger partial charge in [0.25, 0.3) is 0 Å². The summed E-state index contributed by atoms with van der Waals surface area (Å²) in [6.45, 7) is 4.90. The monoisotopic (exact) mass is 365 g/mol. The van der Waals surface area contributed by atoms with Gasteiger partial charge in [-0.15, -0.1) is 0 Å². The molecule has 1 aliphatic heterocycles. The molecule has 1 amide bonds. The molecule has 1 saturated heterocycles. The fourth-order valence-corrected chi connectivity index (χ4v) is 4.20. The number of hydrogen-bond donors (Lipinski definition) is 1. The van der Waals surface area contributed by atoms with Crippen molar-refractivity contribution < 1.29 is 4.79 Å². The number of rotatable bonds is 4. The van der Waals surface area contributed by atoms with Crippen LogP contribution in [0.4, 0.5) is 0 Å². The Morgan fingerprint density at radius 3 is 2.81 bits per heavy atom. The number of amides is 1. The largest absolute Gasteiger partial charge is 0.340 e. The van der Waals surface area contributed by atoms with E-state index in [4.69, 9.17) is 4.98 Å². The van der Waals surface area contributed by atoms with Crippen molar-refractivity contribution in [3.05, 3.63) is 47.0 Å². The summed E-state index contributed by atoms with van der Waals surface area (Å²) in [5.41, 5.74) is 5.37. The van der Waals surface area contributed by atoms with Crippen LogP contribution in [0.3, 0.4) is 0 Å². The van der Waals surface area contributed by atoms with Gasteiger partial charge in [0.2, 0.25) is 5.91 Å². The molecule has 3 heterocycles. The summed E-state index contributed by atoms with van der Waals surface area (Å²) in [6.07, 6.45) is 4.42. The third kappa shape index (κ3) is 3.36. The number of aryl methyl sites for hydroxylation is 2. The zero-order valence-corrected chi connectivity index (χ0v) is 16.3. The lowest BCUT2D eigenvalue weighted by Gasteiger charge is -2.34. The molecule has 1 fully saturated rings. The fourth-order valence-electron chi connectivity index (χ4n) is 4.20. The van der Waals surface area contributed by atoms with Gasteiger partial charge in [-0.05, 0) is 57.2 Å². The molecule has 2 aromatic heterocycles. The number of nitrogens with zero attached hydrogens (tertiary/aromatic N) is 4. The number of imidazole rings is 1. The first-order valence-corrected chi connectivity index (χ1v) is 9.78. The van der Waals surface area contributed by atoms with E-state index >= 15 is 0 Å². The van der Waals surface area contributed by atoms with E-state index in [0.29, 0.717) is 6.42 Å². The van der Waals surface area contributed by atoms with Crippen molar-refractivity contribution in [1.29, 1.82) is 0 Å². The molecule has 1 aromatic carbocycles. The first-order chi connectivity index (χ1) is 13.0. The molecule has 6 nitrogen and oxygen atoms in total. The van der Waals surface area contributed by atoms with E-state index in [0.717, 1.165) is 60.5 Å². The predicted octanol–water partition coefficient (Wildman–Crippen LogP) is 3.60. The van der Waals surface area contributed by atoms with Crippen molar-refractivity contribution in [2.75, 3.05) is 6.54 Å². The van der Waals surface area contributed by atoms with Gasteiger partial charge >= 0.3 is 0 Å². The topological polar surface area (TPSA) is 66.8 Å². The van der Waals surface area contributed by atoms with E-state index in [-0.39, 0.29) is 11.9 Å². The molecule has 6 heteroatoms. The average molecular weight is 365 g/mol. The number of carbonyl (C=O) groups is 1. The minimum Gasteiger partial charge on any atom is -0.340 e. The van der Waals surface area contributed by atoms with Crippen LogP contribution < -0.4 is 0 Å². The molecule has 0 radical (unpaired) electrons. The summed E-state index contributed by atoms with van der Waals surface area (Å²) < 4.78 is 1.90. The fraction of sp³-hybridized carbons (Fsp3) is 0.476. The number of likely N-dealkylation sites (tertiary alicyclic amines) is 1. The second-order valence-electron chi connectivity index (χ2n) is 7.51. The van der Waals surface area contributed by atoms with Crippen LogP contribution in [0.1, 0.15) is 54.5 Å². The van der Waals surface area contributed by atoms with Gasteiger partial charge in [0.05, 0.1) is 22.8 Å².